The Kier molecular flexibility index (Phi) is 3.71. The van der Waals surface area contributed by atoms with Crippen molar-refractivity contribution in [3.8, 4) is 11.1 Å². The van der Waals surface area contributed by atoms with Crippen molar-refractivity contribution in [3.63, 3.8) is 0 Å². The monoisotopic (exact) mass is 372 g/mol. The van der Waals surface area contributed by atoms with E-state index in [1.807, 2.05) is 42.5 Å². The summed E-state index contributed by atoms with van der Waals surface area (Å²) in [5.41, 5.74) is 2.24. The van der Waals surface area contributed by atoms with Gasteiger partial charge in [0.2, 0.25) is 0 Å². The Morgan fingerprint density at radius 3 is 2.08 bits per heavy atom. The molecule has 6 rings (SSSR count). The first-order valence-electron chi connectivity index (χ1n) is 9.33. The van der Waals surface area contributed by atoms with E-state index < -0.39 is 5.60 Å². The van der Waals surface area contributed by atoms with Gasteiger partial charge < -0.3 is 5.11 Å². The molecule has 4 bridgehead atoms. The van der Waals surface area contributed by atoms with Gasteiger partial charge >= 0.3 is 0 Å². The van der Waals surface area contributed by atoms with Crippen LogP contribution in [0.4, 0.5) is 0 Å². The average Bonchev–Trinajstić information content (AvgIpc) is 2.59. The summed E-state index contributed by atoms with van der Waals surface area (Å²) in [6, 6.07) is 13.8. The van der Waals surface area contributed by atoms with Crippen molar-refractivity contribution in [1.29, 1.82) is 0 Å². The molecule has 0 spiro atoms. The van der Waals surface area contributed by atoms with Crippen LogP contribution in [-0.2, 0) is 5.60 Å². The zero-order chi connectivity index (χ0) is 17.2. The van der Waals surface area contributed by atoms with Crippen LogP contribution < -0.4 is 0 Å². The lowest BCUT2D eigenvalue weighted by Crippen LogP contribution is -2.55. The third-order valence-corrected chi connectivity index (χ3v) is 7.52. The molecule has 0 saturated heterocycles. The van der Waals surface area contributed by atoms with Gasteiger partial charge in [-0.15, -0.1) is 0 Å². The van der Waals surface area contributed by atoms with Crippen LogP contribution in [0.15, 0.2) is 42.5 Å². The van der Waals surface area contributed by atoms with Gasteiger partial charge in [0, 0.05) is 15.6 Å². The molecular weight excluding hydrogens is 351 g/mol. The molecule has 1 nitrogen and oxygen atoms in total. The van der Waals surface area contributed by atoms with Gasteiger partial charge in [0.15, 0.2) is 0 Å². The van der Waals surface area contributed by atoms with Crippen molar-refractivity contribution in [1.82, 2.24) is 0 Å². The Balaban J connectivity index is 1.69. The summed E-state index contributed by atoms with van der Waals surface area (Å²) in [4.78, 5) is 0. The first kappa shape index (κ1) is 16.2. The first-order chi connectivity index (χ1) is 12.1. The second-order valence-electron chi connectivity index (χ2n) is 8.30. The summed E-state index contributed by atoms with van der Waals surface area (Å²) >= 11 is 12.8. The highest BCUT2D eigenvalue weighted by atomic mass is 35.5. The molecule has 0 atom stereocenters. The maximum Gasteiger partial charge on any atom is 0.0958 e. The number of halogens is 2. The fraction of sp³-hybridized carbons (Fsp3) is 0.455. The summed E-state index contributed by atoms with van der Waals surface area (Å²) in [6.45, 7) is 0. The highest BCUT2D eigenvalue weighted by Gasteiger charge is 2.57. The van der Waals surface area contributed by atoms with Gasteiger partial charge in [0.1, 0.15) is 0 Å². The largest absolute Gasteiger partial charge is 0.385 e. The number of hydrogen-bond acceptors (Lipinski definition) is 1. The maximum absolute atomic E-state index is 12.0. The lowest BCUT2D eigenvalue weighted by Gasteiger charge is -2.59. The number of benzene rings is 2. The van der Waals surface area contributed by atoms with Crippen LogP contribution in [0.2, 0.25) is 10.0 Å². The summed E-state index contributed by atoms with van der Waals surface area (Å²) in [5.74, 6) is 2.37. The first-order valence-corrected chi connectivity index (χ1v) is 10.1. The molecule has 25 heavy (non-hydrogen) atoms. The predicted octanol–water partition coefficient (Wildman–Crippen LogP) is 6.30. The summed E-state index contributed by atoms with van der Waals surface area (Å²) < 4.78 is 0. The third kappa shape index (κ3) is 2.40. The van der Waals surface area contributed by atoms with Crippen molar-refractivity contribution in [3.05, 3.63) is 58.1 Å². The van der Waals surface area contributed by atoms with Crippen LogP contribution in [0.25, 0.3) is 11.1 Å². The normalized spacial score (nSPS) is 36.0. The minimum absolute atomic E-state index is 0.367. The van der Waals surface area contributed by atoms with E-state index in [9.17, 15) is 5.11 Å². The summed E-state index contributed by atoms with van der Waals surface area (Å²) in [7, 11) is 0. The van der Waals surface area contributed by atoms with Gasteiger partial charge in [0.05, 0.1) is 5.60 Å². The van der Waals surface area contributed by atoms with Crippen molar-refractivity contribution in [2.24, 2.45) is 23.7 Å². The molecule has 0 aromatic heterocycles. The third-order valence-electron chi connectivity index (χ3n) is 6.96. The van der Waals surface area contributed by atoms with Gasteiger partial charge in [-0.25, -0.2) is 0 Å². The Morgan fingerprint density at radius 1 is 0.800 bits per heavy atom. The molecule has 4 aliphatic rings. The SMILES string of the molecule is OC1(c2ccc(Cl)cc2-c2ccccc2Cl)C2CC3CC(C2)CC1C3. The number of aliphatic hydroxyl groups is 1. The molecule has 2 aromatic carbocycles. The van der Waals surface area contributed by atoms with Crippen molar-refractivity contribution in [2.45, 2.75) is 37.7 Å². The standard InChI is InChI=1S/C22H22Cl2O/c23-17-5-6-20(19(12-17)18-3-1-2-4-21(18)24)22(25)15-8-13-7-14(10-15)11-16(22)9-13/h1-6,12-16,25H,7-11H2. The minimum atomic E-state index is -0.744. The maximum atomic E-state index is 12.0. The quantitative estimate of drug-likeness (QED) is 0.655. The Bertz CT molecular complexity index is 801. The molecule has 0 unspecified atom stereocenters. The molecule has 0 amide bonds. The highest BCUT2D eigenvalue weighted by molar-refractivity contribution is 6.34. The van der Waals surface area contributed by atoms with Crippen LogP contribution in [0.3, 0.4) is 0 Å². The molecule has 4 fully saturated rings. The lowest BCUT2D eigenvalue weighted by molar-refractivity contribution is -0.179. The summed E-state index contributed by atoms with van der Waals surface area (Å²) in [6.07, 6.45) is 6.02. The molecule has 1 N–H and O–H groups in total. The van der Waals surface area contributed by atoms with E-state index in [4.69, 9.17) is 23.2 Å². The van der Waals surface area contributed by atoms with Gasteiger partial charge in [-0.2, -0.15) is 0 Å². The Hall–Kier alpha value is -1.02. The Morgan fingerprint density at radius 2 is 1.44 bits per heavy atom. The van der Waals surface area contributed by atoms with E-state index in [2.05, 4.69) is 0 Å². The van der Waals surface area contributed by atoms with Crippen LogP contribution in [0.1, 0.15) is 37.7 Å². The van der Waals surface area contributed by atoms with Gasteiger partial charge in [-0.05, 0) is 85.1 Å². The van der Waals surface area contributed by atoms with Crippen LogP contribution in [0, 0.1) is 23.7 Å². The van der Waals surface area contributed by atoms with Crippen molar-refractivity contribution in [2.75, 3.05) is 0 Å². The van der Waals surface area contributed by atoms with Crippen LogP contribution >= 0.6 is 23.2 Å². The zero-order valence-corrected chi connectivity index (χ0v) is 15.6. The van der Waals surface area contributed by atoms with E-state index in [0.717, 1.165) is 54.2 Å². The van der Waals surface area contributed by atoms with Crippen molar-refractivity contribution < 1.29 is 5.11 Å². The molecule has 4 saturated carbocycles. The molecule has 0 radical (unpaired) electrons. The second-order valence-corrected chi connectivity index (χ2v) is 9.14. The van der Waals surface area contributed by atoms with Crippen LogP contribution in [-0.4, -0.2) is 5.11 Å². The van der Waals surface area contributed by atoms with Crippen molar-refractivity contribution >= 4 is 23.2 Å². The topological polar surface area (TPSA) is 20.2 Å². The van der Waals surface area contributed by atoms with E-state index in [0.29, 0.717) is 21.9 Å². The average molecular weight is 373 g/mol. The smallest absolute Gasteiger partial charge is 0.0958 e. The lowest BCUT2D eigenvalue weighted by atomic mass is 9.48. The van der Waals surface area contributed by atoms with Gasteiger partial charge in [-0.3, -0.25) is 0 Å². The number of rotatable bonds is 2. The molecule has 2 aromatic rings. The van der Waals surface area contributed by atoms with Gasteiger partial charge in [-0.1, -0.05) is 47.5 Å². The van der Waals surface area contributed by atoms with E-state index in [1.54, 1.807) is 0 Å². The van der Waals surface area contributed by atoms with E-state index in [-0.39, 0.29) is 0 Å². The summed E-state index contributed by atoms with van der Waals surface area (Å²) in [5, 5.41) is 13.4. The molecule has 130 valence electrons. The predicted molar refractivity (Wildman–Crippen MR) is 103 cm³/mol. The molecule has 0 aliphatic heterocycles. The van der Waals surface area contributed by atoms with Crippen LogP contribution in [0.5, 0.6) is 0 Å². The van der Waals surface area contributed by atoms with E-state index >= 15 is 0 Å². The van der Waals surface area contributed by atoms with Gasteiger partial charge in [0.25, 0.3) is 0 Å². The molecule has 4 aliphatic carbocycles. The number of hydrogen-bond donors (Lipinski definition) is 1. The minimum Gasteiger partial charge on any atom is -0.385 e. The second kappa shape index (κ2) is 5.74. The molecule has 3 heteroatoms. The zero-order valence-electron chi connectivity index (χ0n) is 14.1. The molecule has 0 heterocycles. The highest BCUT2D eigenvalue weighted by Crippen LogP contribution is 2.62. The van der Waals surface area contributed by atoms with E-state index in [1.165, 1.54) is 6.42 Å². The Labute approximate surface area is 159 Å². The fourth-order valence-corrected chi connectivity index (χ4v) is 6.52. The molecular formula is C22H22Cl2O. The fourth-order valence-electron chi connectivity index (χ4n) is 6.11.